The molecule has 1 heterocycles. The van der Waals surface area contributed by atoms with Crippen molar-refractivity contribution in [2.45, 2.75) is 37.6 Å². The number of aliphatic hydroxyl groups is 1. The Bertz CT molecular complexity index is 213. The van der Waals surface area contributed by atoms with Crippen molar-refractivity contribution < 1.29 is 14.7 Å². The van der Waals surface area contributed by atoms with Crippen LogP contribution in [0.4, 0.5) is 0 Å². The van der Waals surface area contributed by atoms with Crippen LogP contribution in [0, 0.1) is 11.8 Å². The van der Waals surface area contributed by atoms with Gasteiger partial charge in [0, 0.05) is 12.8 Å². The zero-order valence-corrected chi connectivity index (χ0v) is 7.53. The first-order chi connectivity index (χ1) is 6.27. The summed E-state index contributed by atoms with van der Waals surface area (Å²) >= 11 is 0. The molecule has 0 aromatic heterocycles. The van der Waals surface area contributed by atoms with Crippen molar-refractivity contribution in [2.24, 2.45) is 11.8 Å². The zero-order chi connectivity index (χ0) is 8.89. The predicted octanol–water partition coefficient (Wildman–Crippen LogP) is 0.372. The topological polar surface area (TPSA) is 50.7 Å². The van der Waals surface area contributed by atoms with E-state index < -0.39 is 5.79 Å². The molecule has 1 aliphatic heterocycles. The highest BCUT2D eigenvalue weighted by Crippen LogP contribution is 2.49. The monoisotopic (exact) mass is 185 g/mol. The SMILES string of the molecule is OC1CC2CC1CC1(C2)OCNO1. The number of aliphatic hydroxyl groups excluding tert-OH is 1. The maximum Gasteiger partial charge on any atom is 0.189 e. The summed E-state index contributed by atoms with van der Waals surface area (Å²) in [6, 6.07) is 0. The number of hydroxylamine groups is 1. The predicted molar refractivity (Wildman–Crippen MR) is 44.4 cm³/mol. The maximum absolute atomic E-state index is 9.71. The van der Waals surface area contributed by atoms with Crippen molar-refractivity contribution in [3.05, 3.63) is 0 Å². The molecule has 2 N–H and O–H groups in total. The van der Waals surface area contributed by atoms with E-state index in [4.69, 9.17) is 9.57 Å². The van der Waals surface area contributed by atoms with E-state index in [1.807, 2.05) is 0 Å². The van der Waals surface area contributed by atoms with Crippen molar-refractivity contribution in [1.29, 1.82) is 0 Å². The molecule has 3 rings (SSSR count). The first-order valence-corrected chi connectivity index (χ1v) is 5.00. The highest BCUT2D eigenvalue weighted by Gasteiger charge is 2.51. The molecule has 0 aromatic carbocycles. The van der Waals surface area contributed by atoms with Crippen LogP contribution in [0.15, 0.2) is 0 Å². The standard InChI is InChI=1S/C9H15NO3/c11-8-2-6-1-7(8)4-9(3-6)12-5-10-13-9/h6-8,10-11H,1-5H2. The van der Waals surface area contributed by atoms with Crippen molar-refractivity contribution in [3.8, 4) is 0 Å². The van der Waals surface area contributed by atoms with Gasteiger partial charge in [0.15, 0.2) is 5.79 Å². The molecule has 74 valence electrons. The second-order valence-electron chi connectivity index (χ2n) is 4.52. The Balaban J connectivity index is 1.80. The van der Waals surface area contributed by atoms with E-state index in [0.717, 1.165) is 25.7 Å². The minimum atomic E-state index is -0.412. The molecule has 2 saturated carbocycles. The van der Waals surface area contributed by atoms with Crippen LogP contribution < -0.4 is 5.48 Å². The second kappa shape index (κ2) is 2.67. The highest BCUT2D eigenvalue weighted by atomic mass is 16.8. The van der Waals surface area contributed by atoms with Crippen LogP contribution in [0.2, 0.25) is 0 Å². The third-order valence-electron chi connectivity index (χ3n) is 3.58. The molecule has 2 aliphatic carbocycles. The van der Waals surface area contributed by atoms with Crippen LogP contribution in [0.1, 0.15) is 25.7 Å². The normalized spacial score (nSPS) is 54.7. The fourth-order valence-corrected chi connectivity index (χ4v) is 3.08. The molecule has 0 aromatic rings. The van der Waals surface area contributed by atoms with Gasteiger partial charge in [-0.05, 0) is 24.7 Å². The molecule has 13 heavy (non-hydrogen) atoms. The molecule has 0 radical (unpaired) electrons. The minimum absolute atomic E-state index is 0.128. The summed E-state index contributed by atoms with van der Waals surface area (Å²) < 4.78 is 5.57. The first kappa shape index (κ1) is 8.17. The van der Waals surface area contributed by atoms with Gasteiger partial charge in [0.25, 0.3) is 0 Å². The Kier molecular flexibility index (Phi) is 1.68. The van der Waals surface area contributed by atoms with Gasteiger partial charge in [-0.25, -0.2) is 0 Å². The molecule has 4 unspecified atom stereocenters. The summed E-state index contributed by atoms with van der Waals surface area (Å²) in [5.41, 5.74) is 2.76. The Morgan fingerprint density at radius 3 is 2.92 bits per heavy atom. The van der Waals surface area contributed by atoms with E-state index in [1.54, 1.807) is 0 Å². The summed E-state index contributed by atoms with van der Waals surface area (Å²) in [4.78, 5) is 5.43. The van der Waals surface area contributed by atoms with Gasteiger partial charge in [0.1, 0.15) is 6.73 Å². The van der Waals surface area contributed by atoms with Gasteiger partial charge in [0.2, 0.25) is 0 Å². The third-order valence-corrected chi connectivity index (χ3v) is 3.58. The molecule has 1 saturated heterocycles. The molecule has 2 bridgehead atoms. The van der Waals surface area contributed by atoms with Crippen LogP contribution in [0.5, 0.6) is 0 Å². The number of hydrogen-bond donors (Lipinski definition) is 2. The van der Waals surface area contributed by atoms with Gasteiger partial charge in [-0.2, -0.15) is 5.48 Å². The Labute approximate surface area is 77.2 Å². The van der Waals surface area contributed by atoms with Crippen molar-refractivity contribution in [1.82, 2.24) is 5.48 Å². The lowest BCUT2D eigenvalue weighted by molar-refractivity contribution is -0.205. The Hall–Kier alpha value is -0.160. The summed E-state index contributed by atoms with van der Waals surface area (Å²) in [6.07, 6.45) is 3.73. The summed E-state index contributed by atoms with van der Waals surface area (Å²) in [5, 5.41) is 9.71. The lowest BCUT2D eigenvalue weighted by Gasteiger charge is -2.34. The van der Waals surface area contributed by atoms with E-state index >= 15 is 0 Å². The molecule has 1 spiro atoms. The van der Waals surface area contributed by atoms with E-state index in [1.165, 1.54) is 0 Å². The zero-order valence-electron chi connectivity index (χ0n) is 7.53. The first-order valence-electron chi connectivity index (χ1n) is 5.00. The van der Waals surface area contributed by atoms with E-state index in [0.29, 0.717) is 18.6 Å². The average molecular weight is 185 g/mol. The largest absolute Gasteiger partial charge is 0.393 e. The van der Waals surface area contributed by atoms with E-state index in [9.17, 15) is 5.11 Å². The van der Waals surface area contributed by atoms with Gasteiger partial charge in [-0.3, -0.25) is 4.84 Å². The molecule has 3 aliphatic rings. The molecular weight excluding hydrogens is 170 g/mol. The second-order valence-corrected chi connectivity index (χ2v) is 4.52. The van der Waals surface area contributed by atoms with Crippen LogP contribution in [0.25, 0.3) is 0 Å². The summed E-state index contributed by atoms with van der Waals surface area (Å²) in [5.74, 6) is 0.567. The van der Waals surface area contributed by atoms with Crippen molar-refractivity contribution >= 4 is 0 Å². The number of fused-ring (bicyclic) bond motifs is 2. The summed E-state index contributed by atoms with van der Waals surface area (Å²) in [6.45, 7) is 0.482. The van der Waals surface area contributed by atoms with Gasteiger partial charge in [-0.1, -0.05) is 0 Å². The number of nitrogens with one attached hydrogen (secondary N) is 1. The lowest BCUT2D eigenvalue weighted by Crippen LogP contribution is -2.38. The van der Waals surface area contributed by atoms with Gasteiger partial charge < -0.3 is 9.84 Å². The molecule has 3 fully saturated rings. The Morgan fingerprint density at radius 1 is 1.31 bits per heavy atom. The lowest BCUT2D eigenvalue weighted by atomic mass is 9.84. The molecule has 4 heteroatoms. The highest BCUT2D eigenvalue weighted by molar-refractivity contribution is 4.95. The number of ether oxygens (including phenoxy) is 1. The molecular formula is C9H15NO3. The smallest absolute Gasteiger partial charge is 0.189 e. The van der Waals surface area contributed by atoms with Crippen LogP contribution in [-0.4, -0.2) is 23.7 Å². The average Bonchev–Trinajstić information content (AvgIpc) is 2.60. The quantitative estimate of drug-likeness (QED) is 0.572. The third kappa shape index (κ3) is 1.21. The Morgan fingerprint density at radius 2 is 2.23 bits per heavy atom. The fourth-order valence-electron chi connectivity index (χ4n) is 3.08. The van der Waals surface area contributed by atoms with Crippen LogP contribution >= 0.6 is 0 Å². The molecule has 0 amide bonds. The van der Waals surface area contributed by atoms with Gasteiger partial charge in [-0.15, -0.1) is 0 Å². The molecule has 4 atom stereocenters. The van der Waals surface area contributed by atoms with Crippen molar-refractivity contribution in [3.63, 3.8) is 0 Å². The van der Waals surface area contributed by atoms with Gasteiger partial charge in [0.05, 0.1) is 6.10 Å². The van der Waals surface area contributed by atoms with E-state index in [-0.39, 0.29) is 6.10 Å². The fraction of sp³-hybridized carbons (Fsp3) is 1.00. The van der Waals surface area contributed by atoms with E-state index in [2.05, 4.69) is 5.48 Å². The maximum atomic E-state index is 9.71. The number of hydrogen-bond acceptors (Lipinski definition) is 4. The van der Waals surface area contributed by atoms with Crippen molar-refractivity contribution in [2.75, 3.05) is 6.73 Å². The minimum Gasteiger partial charge on any atom is -0.393 e. The van der Waals surface area contributed by atoms with Crippen LogP contribution in [-0.2, 0) is 9.57 Å². The van der Waals surface area contributed by atoms with Crippen LogP contribution in [0.3, 0.4) is 0 Å². The number of rotatable bonds is 0. The molecule has 4 nitrogen and oxygen atoms in total. The summed E-state index contributed by atoms with van der Waals surface area (Å²) in [7, 11) is 0. The van der Waals surface area contributed by atoms with Gasteiger partial charge >= 0.3 is 0 Å².